The molecule has 0 heterocycles. The molecule has 110 valence electrons. The van der Waals surface area contributed by atoms with Gasteiger partial charge in [0.05, 0.1) is 26.2 Å². The van der Waals surface area contributed by atoms with Crippen LogP contribution in [0.5, 0.6) is 0 Å². The molecule has 18 heavy (non-hydrogen) atoms. The maximum Gasteiger partial charge on any atom is 0.0916 e. The van der Waals surface area contributed by atoms with Gasteiger partial charge in [-0.2, -0.15) is 0 Å². The molecule has 0 radical (unpaired) electrons. The van der Waals surface area contributed by atoms with Crippen LogP contribution in [0.4, 0.5) is 0 Å². The maximum absolute atomic E-state index is 5.50. The van der Waals surface area contributed by atoms with Gasteiger partial charge in [0.15, 0.2) is 0 Å². The Kier molecular flexibility index (Phi) is 10.6. The molecule has 4 nitrogen and oxygen atoms in total. The molecule has 0 aliphatic heterocycles. The third-order valence-corrected chi connectivity index (χ3v) is 4.21. The summed E-state index contributed by atoms with van der Waals surface area (Å²) in [6.45, 7) is 20.3. The second-order valence-corrected chi connectivity index (χ2v) is 4.99. The second kappa shape index (κ2) is 10.7. The fourth-order valence-electron chi connectivity index (χ4n) is 2.40. The number of rotatable bonds is 12. The first kappa shape index (κ1) is 17.8. The van der Waals surface area contributed by atoms with Crippen molar-refractivity contribution in [1.29, 1.82) is 0 Å². The molecule has 0 aromatic carbocycles. The van der Waals surface area contributed by atoms with Crippen LogP contribution in [0.3, 0.4) is 0 Å². The molecule has 0 aliphatic rings. The number of nitrogens with one attached hydrogen (secondary N) is 1. The van der Waals surface area contributed by atoms with Crippen molar-refractivity contribution in [1.82, 2.24) is 10.2 Å². The first-order valence-electron chi connectivity index (χ1n) is 7.66. The minimum Gasteiger partial charge on any atom is -0.329 e. The molecule has 0 saturated heterocycles. The summed E-state index contributed by atoms with van der Waals surface area (Å²) in [6, 6.07) is 0. The highest BCUT2D eigenvalue weighted by atomic mass is 15.4. The van der Waals surface area contributed by atoms with Crippen molar-refractivity contribution in [2.24, 2.45) is 5.73 Å². The van der Waals surface area contributed by atoms with Gasteiger partial charge >= 0.3 is 0 Å². The van der Waals surface area contributed by atoms with Crippen molar-refractivity contribution in [3.63, 3.8) is 0 Å². The number of likely N-dealkylation sites (N-methyl/N-ethyl adjacent to an activating group) is 2. The maximum atomic E-state index is 5.50. The Balaban J connectivity index is 4.15. The van der Waals surface area contributed by atoms with E-state index in [-0.39, 0.29) is 0 Å². The molecule has 0 atom stereocenters. The Morgan fingerprint density at radius 2 is 1.56 bits per heavy atom. The van der Waals surface area contributed by atoms with Gasteiger partial charge in [0.25, 0.3) is 0 Å². The van der Waals surface area contributed by atoms with E-state index in [9.17, 15) is 0 Å². The van der Waals surface area contributed by atoms with E-state index < -0.39 is 0 Å². The lowest BCUT2D eigenvalue weighted by Gasteiger charge is -2.38. The highest BCUT2D eigenvalue weighted by Gasteiger charge is 2.22. The summed E-state index contributed by atoms with van der Waals surface area (Å²) in [5, 5.41) is 3.42. The highest BCUT2D eigenvalue weighted by molar-refractivity contribution is 4.54. The lowest BCUT2D eigenvalue weighted by molar-refractivity contribution is -0.923. The van der Waals surface area contributed by atoms with Crippen LogP contribution < -0.4 is 11.1 Å². The summed E-state index contributed by atoms with van der Waals surface area (Å²) in [5.41, 5.74) is 5.50. The summed E-state index contributed by atoms with van der Waals surface area (Å²) >= 11 is 0. The van der Waals surface area contributed by atoms with Crippen molar-refractivity contribution in [3.05, 3.63) is 0 Å². The Hall–Kier alpha value is -0.160. The number of nitrogens with zero attached hydrogens (tertiary/aromatic N) is 2. The molecule has 4 heteroatoms. The van der Waals surface area contributed by atoms with Crippen LogP contribution in [0.15, 0.2) is 0 Å². The molecule has 0 spiro atoms. The molecule has 0 amide bonds. The lowest BCUT2D eigenvalue weighted by Crippen LogP contribution is -2.54. The molecule has 0 rings (SSSR count). The first-order valence-corrected chi connectivity index (χ1v) is 7.66. The van der Waals surface area contributed by atoms with Gasteiger partial charge in [-0.15, -0.1) is 0 Å². The highest BCUT2D eigenvalue weighted by Crippen LogP contribution is 2.06. The number of quaternary nitrogens is 1. The number of hydrogen-bond donors (Lipinski definition) is 2. The van der Waals surface area contributed by atoms with E-state index in [0.29, 0.717) is 0 Å². The van der Waals surface area contributed by atoms with E-state index in [1.54, 1.807) is 0 Å². The predicted octanol–water partition coefficient (Wildman–Crippen LogP) is 0.733. The Bertz CT molecular complexity index is 177. The summed E-state index contributed by atoms with van der Waals surface area (Å²) in [7, 11) is 0. The minimum atomic E-state index is 0.734. The average Bonchev–Trinajstić information content (AvgIpc) is 2.42. The third-order valence-electron chi connectivity index (χ3n) is 4.21. The van der Waals surface area contributed by atoms with Gasteiger partial charge in [-0.05, 0) is 26.9 Å². The van der Waals surface area contributed by atoms with Crippen molar-refractivity contribution >= 4 is 0 Å². The van der Waals surface area contributed by atoms with Crippen molar-refractivity contribution in [2.75, 3.05) is 65.4 Å². The monoisotopic (exact) mass is 259 g/mol. The van der Waals surface area contributed by atoms with Gasteiger partial charge in [0.1, 0.15) is 0 Å². The van der Waals surface area contributed by atoms with Gasteiger partial charge in [-0.1, -0.05) is 13.8 Å². The quantitative estimate of drug-likeness (QED) is 0.401. The normalized spacial score (nSPS) is 12.3. The van der Waals surface area contributed by atoms with Crippen LogP contribution >= 0.6 is 0 Å². The van der Waals surface area contributed by atoms with E-state index in [2.05, 4.69) is 37.9 Å². The number of nitrogens with two attached hydrogens (primary N) is 1. The van der Waals surface area contributed by atoms with Crippen molar-refractivity contribution in [3.8, 4) is 0 Å². The molecule has 0 unspecified atom stereocenters. The van der Waals surface area contributed by atoms with Crippen LogP contribution in [0, 0.1) is 0 Å². The first-order chi connectivity index (χ1) is 8.67. The lowest BCUT2D eigenvalue weighted by atomic mass is 10.3. The smallest absolute Gasteiger partial charge is 0.0916 e. The zero-order valence-electron chi connectivity index (χ0n) is 13.0. The van der Waals surface area contributed by atoms with E-state index in [0.717, 1.165) is 32.7 Å². The molecule has 0 aromatic heterocycles. The van der Waals surface area contributed by atoms with Crippen LogP contribution in [0.1, 0.15) is 27.7 Å². The number of hydrogen-bond acceptors (Lipinski definition) is 3. The molecule has 0 bridgehead atoms. The Labute approximate surface area is 114 Å². The van der Waals surface area contributed by atoms with E-state index in [1.165, 1.54) is 37.2 Å². The Morgan fingerprint density at radius 1 is 0.944 bits per heavy atom. The zero-order chi connectivity index (χ0) is 13.9. The van der Waals surface area contributed by atoms with Crippen molar-refractivity contribution < 1.29 is 4.48 Å². The van der Waals surface area contributed by atoms with Gasteiger partial charge in [0, 0.05) is 26.2 Å². The molecular formula is C14H35N4+. The summed E-state index contributed by atoms with van der Waals surface area (Å²) in [4.78, 5) is 2.52. The van der Waals surface area contributed by atoms with E-state index >= 15 is 0 Å². The molecule has 0 fully saturated rings. The fraction of sp³-hybridized carbons (Fsp3) is 1.00. The molecule has 0 aliphatic carbocycles. The van der Waals surface area contributed by atoms with Crippen LogP contribution in [0.2, 0.25) is 0 Å². The Morgan fingerprint density at radius 3 is 2.00 bits per heavy atom. The van der Waals surface area contributed by atoms with Crippen LogP contribution in [-0.2, 0) is 0 Å². The zero-order valence-corrected chi connectivity index (χ0v) is 13.0. The van der Waals surface area contributed by atoms with Gasteiger partial charge in [-0.3, -0.25) is 4.90 Å². The van der Waals surface area contributed by atoms with E-state index in [4.69, 9.17) is 5.73 Å². The SMILES string of the molecule is CCN(CC)CC[N+](CC)(CC)CCNCCN. The standard InChI is InChI=1S/C14H35N4/c1-5-17(6-2)12-14-18(7-3,8-4)13-11-16-10-9-15/h16H,5-15H2,1-4H3/q+1. The minimum absolute atomic E-state index is 0.734. The summed E-state index contributed by atoms with van der Waals surface area (Å²) in [6.07, 6.45) is 0. The fourth-order valence-corrected chi connectivity index (χ4v) is 2.40. The van der Waals surface area contributed by atoms with Gasteiger partial charge < -0.3 is 15.5 Å². The topological polar surface area (TPSA) is 41.3 Å². The molecule has 0 saturated carbocycles. The third kappa shape index (κ3) is 6.69. The molecule has 3 N–H and O–H groups in total. The summed E-state index contributed by atoms with van der Waals surface area (Å²) < 4.78 is 1.22. The largest absolute Gasteiger partial charge is 0.329 e. The van der Waals surface area contributed by atoms with Gasteiger partial charge in [-0.25, -0.2) is 0 Å². The molecular weight excluding hydrogens is 224 g/mol. The predicted molar refractivity (Wildman–Crippen MR) is 80.8 cm³/mol. The molecule has 0 aromatic rings. The van der Waals surface area contributed by atoms with Crippen LogP contribution in [-0.4, -0.2) is 74.8 Å². The summed E-state index contributed by atoms with van der Waals surface area (Å²) in [5.74, 6) is 0. The van der Waals surface area contributed by atoms with Crippen LogP contribution in [0.25, 0.3) is 0 Å². The second-order valence-electron chi connectivity index (χ2n) is 4.99. The average molecular weight is 259 g/mol. The van der Waals surface area contributed by atoms with E-state index in [1.807, 2.05) is 0 Å². The van der Waals surface area contributed by atoms with Gasteiger partial charge in [0.2, 0.25) is 0 Å². The van der Waals surface area contributed by atoms with Crippen molar-refractivity contribution in [2.45, 2.75) is 27.7 Å².